The molecular weight excluding hydrogens is 417 g/mol. The van der Waals surface area contributed by atoms with Gasteiger partial charge >= 0.3 is 0 Å². The highest BCUT2D eigenvalue weighted by Crippen LogP contribution is 2.25. The topological polar surface area (TPSA) is 75.4 Å². The molecule has 1 aliphatic rings. The smallest absolute Gasteiger partial charge is 0.243 e. The van der Waals surface area contributed by atoms with Gasteiger partial charge in [0.25, 0.3) is 0 Å². The maximum absolute atomic E-state index is 14.0. The molecular formula is C27H28FN3O2. The zero-order valence-electron chi connectivity index (χ0n) is 18.4. The number of rotatable bonds is 7. The van der Waals surface area contributed by atoms with Crippen LogP contribution in [0.2, 0.25) is 0 Å². The minimum Gasteiger partial charge on any atom is -0.350 e. The van der Waals surface area contributed by atoms with E-state index in [9.17, 15) is 14.0 Å². The van der Waals surface area contributed by atoms with E-state index in [0.717, 1.165) is 16.7 Å². The van der Waals surface area contributed by atoms with E-state index >= 15 is 0 Å². The number of halogens is 1. The fraction of sp³-hybridized carbons (Fsp3) is 0.259. The molecule has 5 nitrogen and oxygen atoms in total. The molecule has 0 aromatic heterocycles. The molecule has 0 spiro atoms. The highest BCUT2D eigenvalue weighted by atomic mass is 19.1. The van der Waals surface area contributed by atoms with Crippen molar-refractivity contribution in [3.63, 3.8) is 0 Å². The second-order valence-corrected chi connectivity index (χ2v) is 8.47. The summed E-state index contributed by atoms with van der Waals surface area (Å²) in [4.78, 5) is 28.0. The predicted octanol–water partition coefficient (Wildman–Crippen LogP) is 3.36. The summed E-state index contributed by atoms with van der Waals surface area (Å²) in [5.41, 5.74) is 9.79. The third kappa shape index (κ3) is 5.65. The second kappa shape index (κ2) is 10.4. The predicted molar refractivity (Wildman–Crippen MR) is 125 cm³/mol. The Bertz CT molecular complexity index is 1120. The molecule has 2 unspecified atom stereocenters. The number of nitrogens with two attached hydrogens (primary N) is 1. The fourth-order valence-electron chi connectivity index (χ4n) is 4.28. The number of hydrogen-bond donors (Lipinski definition) is 2. The van der Waals surface area contributed by atoms with E-state index in [2.05, 4.69) is 5.32 Å². The largest absolute Gasteiger partial charge is 0.350 e. The molecule has 0 radical (unpaired) electrons. The van der Waals surface area contributed by atoms with Crippen molar-refractivity contribution in [3.05, 3.63) is 107 Å². The summed E-state index contributed by atoms with van der Waals surface area (Å²) in [7, 11) is 0. The maximum Gasteiger partial charge on any atom is 0.243 e. The van der Waals surface area contributed by atoms with E-state index in [1.54, 1.807) is 23.1 Å². The molecule has 170 valence electrons. The van der Waals surface area contributed by atoms with E-state index in [0.29, 0.717) is 25.1 Å². The van der Waals surface area contributed by atoms with Gasteiger partial charge in [0.2, 0.25) is 11.8 Å². The minimum atomic E-state index is -0.614. The molecule has 2 amide bonds. The molecule has 0 aliphatic carbocycles. The lowest BCUT2D eigenvalue weighted by Gasteiger charge is -2.36. The summed E-state index contributed by atoms with van der Waals surface area (Å²) >= 11 is 0. The summed E-state index contributed by atoms with van der Waals surface area (Å²) in [5.74, 6) is -0.719. The third-order valence-electron chi connectivity index (χ3n) is 6.06. The molecule has 0 fully saturated rings. The van der Waals surface area contributed by atoms with Gasteiger partial charge < -0.3 is 16.0 Å². The Labute approximate surface area is 193 Å². The van der Waals surface area contributed by atoms with E-state index in [4.69, 9.17) is 5.73 Å². The second-order valence-electron chi connectivity index (χ2n) is 8.47. The van der Waals surface area contributed by atoms with Crippen LogP contribution in [0.15, 0.2) is 78.9 Å². The van der Waals surface area contributed by atoms with Crippen LogP contribution >= 0.6 is 0 Å². The van der Waals surface area contributed by atoms with Gasteiger partial charge in [-0.05, 0) is 34.7 Å². The summed E-state index contributed by atoms with van der Waals surface area (Å²) in [6.45, 7) is 0.748. The number of benzene rings is 3. The molecule has 2 atom stereocenters. The van der Waals surface area contributed by atoms with Crippen molar-refractivity contribution in [3.8, 4) is 0 Å². The van der Waals surface area contributed by atoms with Crippen LogP contribution in [0.25, 0.3) is 0 Å². The summed E-state index contributed by atoms with van der Waals surface area (Å²) < 4.78 is 14.0. The van der Waals surface area contributed by atoms with Gasteiger partial charge in [-0.1, -0.05) is 72.8 Å². The van der Waals surface area contributed by atoms with Gasteiger partial charge in [-0.15, -0.1) is 0 Å². The highest BCUT2D eigenvalue weighted by molar-refractivity contribution is 5.88. The highest BCUT2D eigenvalue weighted by Gasteiger charge is 2.34. The van der Waals surface area contributed by atoms with Crippen LogP contribution in [0.4, 0.5) is 4.39 Å². The van der Waals surface area contributed by atoms with Crippen LogP contribution in [-0.4, -0.2) is 28.8 Å². The average Bonchev–Trinajstić information content (AvgIpc) is 2.83. The van der Waals surface area contributed by atoms with Crippen molar-refractivity contribution >= 4 is 11.8 Å². The van der Waals surface area contributed by atoms with Crippen LogP contribution in [0.3, 0.4) is 0 Å². The lowest BCUT2D eigenvalue weighted by Crippen LogP contribution is -2.53. The van der Waals surface area contributed by atoms with E-state index in [1.807, 2.05) is 54.6 Å². The third-order valence-corrected chi connectivity index (χ3v) is 6.06. The molecule has 33 heavy (non-hydrogen) atoms. The van der Waals surface area contributed by atoms with Crippen molar-refractivity contribution in [2.45, 2.75) is 44.4 Å². The quantitative estimate of drug-likeness (QED) is 0.586. The molecule has 1 aliphatic heterocycles. The molecule has 3 aromatic rings. The Balaban J connectivity index is 1.47. The Kier molecular flexibility index (Phi) is 7.15. The number of hydrogen-bond acceptors (Lipinski definition) is 3. The van der Waals surface area contributed by atoms with E-state index in [1.165, 1.54) is 6.07 Å². The van der Waals surface area contributed by atoms with Gasteiger partial charge in [0, 0.05) is 32.0 Å². The first-order chi connectivity index (χ1) is 16.0. The van der Waals surface area contributed by atoms with Gasteiger partial charge in [-0.3, -0.25) is 9.59 Å². The van der Waals surface area contributed by atoms with E-state index in [-0.39, 0.29) is 30.5 Å². The first kappa shape index (κ1) is 22.7. The molecule has 4 rings (SSSR count). The zero-order chi connectivity index (χ0) is 23.2. The molecule has 6 heteroatoms. The van der Waals surface area contributed by atoms with Crippen LogP contribution in [0, 0.1) is 5.82 Å². The van der Waals surface area contributed by atoms with Gasteiger partial charge in [0.15, 0.2) is 0 Å². The molecule has 0 saturated heterocycles. The fourth-order valence-corrected chi connectivity index (χ4v) is 4.28. The van der Waals surface area contributed by atoms with Gasteiger partial charge in [-0.25, -0.2) is 4.39 Å². The summed E-state index contributed by atoms with van der Waals surface area (Å²) in [5, 5.41) is 2.97. The number of amides is 2. The monoisotopic (exact) mass is 445 g/mol. The number of carbonyl (C=O) groups excluding carboxylic acids is 2. The van der Waals surface area contributed by atoms with Crippen molar-refractivity contribution in [1.29, 1.82) is 0 Å². The molecule has 3 N–H and O–H groups in total. The normalized spacial score (nSPS) is 16.1. The number of fused-ring (bicyclic) bond motifs is 1. The average molecular weight is 446 g/mol. The van der Waals surface area contributed by atoms with Crippen molar-refractivity contribution in [1.82, 2.24) is 10.2 Å². The van der Waals surface area contributed by atoms with Crippen LogP contribution < -0.4 is 11.1 Å². The molecule has 0 saturated carbocycles. The van der Waals surface area contributed by atoms with E-state index < -0.39 is 12.1 Å². The molecule has 3 aromatic carbocycles. The molecule has 1 heterocycles. The minimum absolute atomic E-state index is 0.0406. The van der Waals surface area contributed by atoms with Crippen LogP contribution in [-0.2, 0) is 35.5 Å². The Morgan fingerprint density at radius 1 is 0.970 bits per heavy atom. The Morgan fingerprint density at radius 3 is 2.39 bits per heavy atom. The summed E-state index contributed by atoms with van der Waals surface area (Å²) in [6, 6.07) is 22.8. The lowest BCUT2D eigenvalue weighted by atomic mass is 9.92. The zero-order valence-corrected chi connectivity index (χ0v) is 18.4. The van der Waals surface area contributed by atoms with Gasteiger partial charge in [0.05, 0.1) is 0 Å². The maximum atomic E-state index is 14.0. The number of nitrogens with zero attached hydrogens (tertiary/aromatic N) is 1. The SMILES string of the molecule is NC(CC(=O)N1Cc2ccccc2CC1C(=O)NCc1ccccc1)Cc1ccccc1F. The number of nitrogens with one attached hydrogen (secondary N) is 1. The molecule has 0 bridgehead atoms. The van der Waals surface area contributed by atoms with Crippen molar-refractivity contribution in [2.75, 3.05) is 0 Å². The van der Waals surface area contributed by atoms with Crippen LogP contribution in [0.5, 0.6) is 0 Å². The first-order valence-corrected chi connectivity index (χ1v) is 11.2. The Morgan fingerprint density at radius 2 is 1.64 bits per heavy atom. The van der Waals surface area contributed by atoms with Gasteiger partial charge in [-0.2, -0.15) is 0 Å². The van der Waals surface area contributed by atoms with Crippen molar-refractivity contribution < 1.29 is 14.0 Å². The number of carbonyl (C=O) groups is 2. The Hall–Kier alpha value is -3.51. The standard InChI is InChI=1S/C27H28FN3O2/c28-24-13-7-6-11-21(24)14-23(29)16-26(32)31-18-22-12-5-4-10-20(22)15-25(31)27(33)30-17-19-8-2-1-3-9-19/h1-13,23,25H,14-18,29H2,(H,30,33). The van der Waals surface area contributed by atoms with Crippen LogP contribution in [0.1, 0.15) is 28.7 Å². The summed E-state index contributed by atoms with van der Waals surface area (Å²) in [6.07, 6.45) is 0.748. The van der Waals surface area contributed by atoms with Gasteiger partial charge in [0.1, 0.15) is 11.9 Å². The lowest BCUT2D eigenvalue weighted by molar-refractivity contribution is -0.142. The first-order valence-electron chi connectivity index (χ1n) is 11.2. The van der Waals surface area contributed by atoms with Crippen molar-refractivity contribution in [2.24, 2.45) is 5.73 Å².